The van der Waals surface area contributed by atoms with Gasteiger partial charge in [-0.05, 0) is 25.7 Å². The minimum atomic E-state index is -0.931. The van der Waals surface area contributed by atoms with Crippen molar-refractivity contribution in [2.75, 3.05) is 7.11 Å². The van der Waals surface area contributed by atoms with Crippen molar-refractivity contribution in [3.05, 3.63) is 0 Å². The van der Waals surface area contributed by atoms with E-state index in [2.05, 4.69) is 0 Å². The molecule has 1 aliphatic rings. The highest BCUT2D eigenvalue weighted by Gasteiger charge is 2.47. The molecule has 0 aromatic rings. The van der Waals surface area contributed by atoms with Gasteiger partial charge < -0.3 is 9.84 Å². The van der Waals surface area contributed by atoms with E-state index in [9.17, 15) is 4.79 Å². The maximum atomic E-state index is 10.6. The first-order valence-corrected chi connectivity index (χ1v) is 3.40. The molecule has 1 unspecified atom stereocenters. The Balaban J connectivity index is 2.65. The van der Waals surface area contributed by atoms with E-state index in [1.165, 1.54) is 7.11 Å². The Morgan fingerprint density at radius 1 is 1.70 bits per heavy atom. The first-order valence-electron chi connectivity index (χ1n) is 3.40. The molecule has 1 fully saturated rings. The van der Waals surface area contributed by atoms with E-state index in [4.69, 9.17) is 9.84 Å². The molecule has 58 valence electrons. The summed E-state index contributed by atoms with van der Waals surface area (Å²) in [4.78, 5) is 10.6. The van der Waals surface area contributed by atoms with Crippen LogP contribution in [0, 0.1) is 5.92 Å². The van der Waals surface area contributed by atoms with Gasteiger partial charge in [0.05, 0.1) is 0 Å². The number of ether oxygens (including phenoxy) is 1. The number of methoxy groups -OCH3 is 1. The summed E-state index contributed by atoms with van der Waals surface area (Å²) in [6.45, 7) is 1.63. The van der Waals surface area contributed by atoms with Crippen LogP contribution in [-0.2, 0) is 9.53 Å². The molecule has 0 aromatic heterocycles. The Hall–Kier alpha value is -0.570. The summed E-state index contributed by atoms with van der Waals surface area (Å²) < 4.78 is 4.92. The summed E-state index contributed by atoms with van der Waals surface area (Å²) in [5, 5.41) is 8.72. The summed E-state index contributed by atoms with van der Waals surface area (Å²) in [5.41, 5.74) is -0.931. The van der Waals surface area contributed by atoms with Gasteiger partial charge in [0.1, 0.15) is 0 Å². The molecular formula is C7H12O3. The van der Waals surface area contributed by atoms with E-state index < -0.39 is 11.6 Å². The van der Waals surface area contributed by atoms with Crippen LogP contribution in [0.25, 0.3) is 0 Å². The Labute approximate surface area is 60.0 Å². The molecule has 1 rings (SSSR count). The van der Waals surface area contributed by atoms with Gasteiger partial charge in [-0.2, -0.15) is 0 Å². The second-order valence-corrected chi connectivity index (χ2v) is 2.89. The summed E-state index contributed by atoms with van der Waals surface area (Å²) >= 11 is 0. The molecule has 1 aliphatic carbocycles. The topological polar surface area (TPSA) is 46.5 Å². The first-order chi connectivity index (χ1) is 4.61. The van der Waals surface area contributed by atoms with Crippen molar-refractivity contribution in [2.45, 2.75) is 25.4 Å². The van der Waals surface area contributed by atoms with Crippen molar-refractivity contribution in [1.82, 2.24) is 0 Å². The fourth-order valence-corrected chi connectivity index (χ4v) is 1.06. The minimum absolute atomic E-state index is 0.231. The highest BCUT2D eigenvalue weighted by Crippen LogP contribution is 2.41. The van der Waals surface area contributed by atoms with Crippen LogP contribution in [-0.4, -0.2) is 23.8 Å². The van der Waals surface area contributed by atoms with E-state index in [1.54, 1.807) is 6.92 Å². The molecule has 1 saturated carbocycles. The van der Waals surface area contributed by atoms with E-state index in [0.717, 1.165) is 12.8 Å². The molecule has 0 aromatic carbocycles. The molecule has 3 heteroatoms. The first kappa shape index (κ1) is 7.54. The highest BCUT2D eigenvalue weighted by atomic mass is 16.5. The van der Waals surface area contributed by atoms with Crippen LogP contribution in [0.1, 0.15) is 19.8 Å². The second kappa shape index (κ2) is 2.23. The largest absolute Gasteiger partial charge is 0.479 e. The minimum Gasteiger partial charge on any atom is -0.479 e. The van der Waals surface area contributed by atoms with Crippen LogP contribution in [0.3, 0.4) is 0 Å². The van der Waals surface area contributed by atoms with Crippen LogP contribution >= 0.6 is 0 Å². The maximum absolute atomic E-state index is 10.6. The molecule has 0 amide bonds. The third-order valence-corrected chi connectivity index (χ3v) is 2.21. The lowest BCUT2D eigenvalue weighted by Gasteiger charge is -2.21. The van der Waals surface area contributed by atoms with E-state index in [1.807, 2.05) is 0 Å². The maximum Gasteiger partial charge on any atom is 0.335 e. The van der Waals surface area contributed by atoms with Crippen molar-refractivity contribution < 1.29 is 14.6 Å². The van der Waals surface area contributed by atoms with Crippen LogP contribution in [0.15, 0.2) is 0 Å². The lowest BCUT2D eigenvalue weighted by atomic mass is 10.0. The molecule has 0 aliphatic heterocycles. The van der Waals surface area contributed by atoms with Gasteiger partial charge in [-0.25, -0.2) is 4.79 Å². The van der Waals surface area contributed by atoms with Gasteiger partial charge in [0.2, 0.25) is 0 Å². The third kappa shape index (κ3) is 1.01. The molecule has 0 spiro atoms. The number of hydrogen-bond acceptors (Lipinski definition) is 2. The number of hydrogen-bond donors (Lipinski definition) is 1. The zero-order valence-corrected chi connectivity index (χ0v) is 6.26. The average molecular weight is 144 g/mol. The van der Waals surface area contributed by atoms with Gasteiger partial charge in [0, 0.05) is 7.11 Å². The Morgan fingerprint density at radius 3 is 2.30 bits per heavy atom. The molecule has 10 heavy (non-hydrogen) atoms. The van der Waals surface area contributed by atoms with Gasteiger partial charge in [-0.15, -0.1) is 0 Å². The van der Waals surface area contributed by atoms with Crippen LogP contribution < -0.4 is 0 Å². The van der Waals surface area contributed by atoms with E-state index in [-0.39, 0.29) is 5.92 Å². The number of rotatable bonds is 3. The molecule has 0 bridgehead atoms. The Bertz CT molecular complexity index is 151. The quantitative estimate of drug-likeness (QED) is 0.639. The van der Waals surface area contributed by atoms with Crippen molar-refractivity contribution >= 4 is 5.97 Å². The molecule has 0 saturated heterocycles. The van der Waals surface area contributed by atoms with Crippen molar-refractivity contribution in [2.24, 2.45) is 5.92 Å². The zero-order valence-electron chi connectivity index (χ0n) is 6.26. The fraction of sp³-hybridized carbons (Fsp3) is 0.857. The molecule has 3 nitrogen and oxygen atoms in total. The predicted molar refractivity (Wildman–Crippen MR) is 35.8 cm³/mol. The third-order valence-electron chi connectivity index (χ3n) is 2.21. The molecule has 0 radical (unpaired) electrons. The smallest absolute Gasteiger partial charge is 0.335 e. The normalized spacial score (nSPS) is 23.8. The van der Waals surface area contributed by atoms with Crippen molar-refractivity contribution in [3.63, 3.8) is 0 Å². The summed E-state index contributed by atoms with van der Waals surface area (Å²) in [5.74, 6) is -0.618. The molecule has 1 atom stereocenters. The monoisotopic (exact) mass is 144 g/mol. The predicted octanol–water partition coefficient (Wildman–Crippen LogP) is 0.886. The van der Waals surface area contributed by atoms with Gasteiger partial charge in [-0.1, -0.05) is 0 Å². The number of carbonyl (C=O) groups is 1. The Kier molecular flexibility index (Phi) is 1.68. The Morgan fingerprint density at radius 2 is 2.20 bits per heavy atom. The van der Waals surface area contributed by atoms with E-state index in [0.29, 0.717) is 0 Å². The van der Waals surface area contributed by atoms with Crippen LogP contribution in [0.5, 0.6) is 0 Å². The number of carboxylic acid groups (broad SMARTS) is 1. The fourth-order valence-electron chi connectivity index (χ4n) is 1.06. The number of aliphatic carboxylic acids is 1. The SMILES string of the molecule is COC(C)(C(=O)O)C1CC1. The lowest BCUT2D eigenvalue weighted by Crippen LogP contribution is -2.39. The van der Waals surface area contributed by atoms with Crippen LogP contribution in [0.2, 0.25) is 0 Å². The van der Waals surface area contributed by atoms with Gasteiger partial charge in [0.25, 0.3) is 0 Å². The highest BCUT2D eigenvalue weighted by molar-refractivity contribution is 5.77. The summed E-state index contributed by atoms with van der Waals surface area (Å²) in [6, 6.07) is 0. The molecule has 1 N–H and O–H groups in total. The van der Waals surface area contributed by atoms with E-state index >= 15 is 0 Å². The van der Waals surface area contributed by atoms with Gasteiger partial charge in [0.15, 0.2) is 5.60 Å². The van der Waals surface area contributed by atoms with Gasteiger partial charge >= 0.3 is 5.97 Å². The molecular weight excluding hydrogens is 132 g/mol. The van der Waals surface area contributed by atoms with Gasteiger partial charge in [-0.3, -0.25) is 0 Å². The summed E-state index contributed by atoms with van der Waals surface area (Å²) in [6.07, 6.45) is 1.97. The lowest BCUT2D eigenvalue weighted by molar-refractivity contribution is -0.162. The zero-order chi connectivity index (χ0) is 7.78. The van der Waals surface area contributed by atoms with Crippen molar-refractivity contribution in [1.29, 1.82) is 0 Å². The standard InChI is InChI=1S/C7H12O3/c1-7(10-2,6(8)9)5-3-4-5/h5H,3-4H2,1-2H3,(H,8,9). The molecule has 0 heterocycles. The second-order valence-electron chi connectivity index (χ2n) is 2.89. The average Bonchev–Trinajstić information content (AvgIpc) is 2.67. The number of carboxylic acids is 1. The summed E-state index contributed by atoms with van der Waals surface area (Å²) in [7, 11) is 1.45. The van der Waals surface area contributed by atoms with Crippen molar-refractivity contribution in [3.8, 4) is 0 Å². The van der Waals surface area contributed by atoms with Crippen LogP contribution in [0.4, 0.5) is 0 Å².